The maximum absolute atomic E-state index is 12.4. The van der Waals surface area contributed by atoms with Gasteiger partial charge in [0.25, 0.3) is 0 Å². The highest BCUT2D eigenvalue weighted by Gasteiger charge is 2.52. The number of ether oxygens (including phenoxy) is 2. The molecule has 0 aromatic carbocycles. The number of nitrogens with one attached hydrogen (secondary N) is 1. The van der Waals surface area contributed by atoms with Gasteiger partial charge in [-0.2, -0.15) is 10.4 Å². The first-order chi connectivity index (χ1) is 16.9. The minimum absolute atomic E-state index is 0.0272. The molecule has 0 unspecified atom stereocenters. The standard InChI is InChI=1S/C25H33N5O5/c1-3-16(2)24(33)29-23-19-9-10-20(30(19)28-15-27-23)25(14-26)21(31)12-18(35-25)13-34-22(32)11-17-7-5-4-6-8-17/h9-10,15-18,21,31H,3-8,11-13H2,1-2H3,(H,27,28,29,33)/t16-,18-,21-,25+/m1/s1. The third kappa shape index (κ3) is 5.16. The number of esters is 1. The third-order valence-corrected chi connectivity index (χ3v) is 7.22. The molecule has 3 heterocycles. The lowest BCUT2D eigenvalue weighted by molar-refractivity contribution is -0.150. The highest BCUT2D eigenvalue weighted by molar-refractivity contribution is 5.94. The van der Waals surface area contributed by atoms with Gasteiger partial charge in [-0.15, -0.1) is 0 Å². The van der Waals surface area contributed by atoms with Crippen molar-refractivity contribution in [2.24, 2.45) is 11.8 Å². The van der Waals surface area contributed by atoms with Gasteiger partial charge in [0.05, 0.1) is 11.8 Å². The van der Waals surface area contributed by atoms with E-state index >= 15 is 0 Å². The zero-order valence-corrected chi connectivity index (χ0v) is 20.3. The van der Waals surface area contributed by atoms with Crippen molar-refractivity contribution in [3.63, 3.8) is 0 Å². The van der Waals surface area contributed by atoms with Crippen LogP contribution in [0.1, 0.15) is 70.9 Å². The third-order valence-electron chi connectivity index (χ3n) is 7.22. The SMILES string of the molecule is CC[C@@H](C)C(=O)Nc1ncnn2c([C@]3(C#N)O[C@@H](COC(=O)CC4CCCCC4)C[C@H]3O)ccc12. The first kappa shape index (κ1) is 25.1. The van der Waals surface area contributed by atoms with Crippen LogP contribution in [0.3, 0.4) is 0 Å². The molecule has 1 saturated carbocycles. The molecule has 188 valence electrons. The van der Waals surface area contributed by atoms with Gasteiger partial charge in [0.1, 0.15) is 30.6 Å². The number of nitrogens with zero attached hydrogens (tertiary/aromatic N) is 4. The molecule has 0 radical (unpaired) electrons. The van der Waals surface area contributed by atoms with E-state index < -0.39 is 17.8 Å². The fraction of sp³-hybridized carbons (Fsp3) is 0.640. The number of aliphatic hydroxyl groups is 1. The monoisotopic (exact) mass is 483 g/mol. The van der Waals surface area contributed by atoms with Crippen molar-refractivity contribution >= 4 is 23.2 Å². The van der Waals surface area contributed by atoms with Crippen molar-refractivity contribution < 1.29 is 24.2 Å². The zero-order valence-electron chi connectivity index (χ0n) is 20.3. The minimum Gasteiger partial charge on any atom is -0.463 e. The van der Waals surface area contributed by atoms with Crippen LogP contribution in [-0.2, 0) is 24.7 Å². The molecule has 10 heteroatoms. The second-order valence-electron chi connectivity index (χ2n) is 9.65. The van der Waals surface area contributed by atoms with Gasteiger partial charge in [0.15, 0.2) is 5.82 Å². The molecule has 2 aromatic heterocycles. The largest absolute Gasteiger partial charge is 0.463 e. The van der Waals surface area contributed by atoms with Gasteiger partial charge in [0.2, 0.25) is 11.5 Å². The topological polar surface area (TPSA) is 139 Å². The van der Waals surface area contributed by atoms with Crippen molar-refractivity contribution in [1.82, 2.24) is 14.6 Å². The van der Waals surface area contributed by atoms with Crippen molar-refractivity contribution in [2.45, 2.75) is 83.0 Å². The van der Waals surface area contributed by atoms with Gasteiger partial charge in [-0.05, 0) is 37.3 Å². The van der Waals surface area contributed by atoms with E-state index in [4.69, 9.17) is 9.47 Å². The normalized spacial score (nSPS) is 25.8. The van der Waals surface area contributed by atoms with Crippen LogP contribution in [0.15, 0.2) is 18.5 Å². The lowest BCUT2D eigenvalue weighted by atomic mass is 9.87. The van der Waals surface area contributed by atoms with Crippen LogP contribution in [0.5, 0.6) is 0 Å². The molecule has 0 spiro atoms. The van der Waals surface area contributed by atoms with E-state index in [0.717, 1.165) is 25.7 Å². The first-order valence-corrected chi connectivity index (χ1v) is 12.4. The molecule has 1 amide bonds. The number of amides is 1. The zero-order chi connectivity index (χ0) is 25.0. The first-order valence-electron chi connectivity index (χ1n) is 12.4. The van der Waals surface area contributed by atoms with E-state index in [9.17, 15) is 20.0 Å². The molecule has 2 fully saturated rings. The van der Waals surface area contributed by atoms with E-state index in [2.05, 4.69) is 21.5 Å². The summed E-state index contributed by atoms with van der Waals surface area (Å²) in [6.07, 6.45) is 6.34. The number of fused-ring (bicyclic) bond motifs is 1. The van der Waals surface area contributed by atoms with Crippen LogP contribution in [-0.4, -0.2) is 50.4 Å². The quantitative estimate of drug-likeness (QED) is 0.546. The number of aromatic nitrogens is 3. The second kappa shape index (κ2) is 10.7. The summed E-state index contributed by atoms with van der Waals surface area (Å²) in [7, 11) is 0. The average molecular weight is 484 g/mol. The van der Waals surface area contributed by atoms with E-state index in [1.807, 2.05) is 13.8 Å². The Labute approximate surface area is 204 Å². The second-order valence-corrected chi connectivity index (χ2v) is 9.65. The van der Waals surface area contributed by atoms with Crippen molar-refractivity contribution in [1.29, 1.82) is 5.26 Å². The number of hydrogen-bond acceptors (Lipinski definition) is 8. The lowest BCUT2D eigenvalue weighted by Gasteiger charge is -2.24. The Morgan fingerprint density at radius 2 is 2.14 bits per heavy atom. The summed E-state index contributed by atoms with van der Waals surface area (Å²) < 4.78 is 12.9. The number of rotatable bonds is 8. The summed E-state index contributed by atoms with van der Waals surface area (Å²) in [4.78, 5) is 28.9. The van der Waals surface area contributed by atoms with E-state index in [1.54, 1.807) is 12.1 Å². The number of hydrogen-bond donors (Lipinski definition) is 2. The number of carbonyl (C=O) groups excluding carboxylic acids is 2. The molecule has 2 aliphatic rings. The fourth-order valence-corrected chi connectivity index (χ4v) is 4.90. The predicted octanol–water partition coefficient (Wildman–Crippen LogP) is 3.10. The fourth-order valence-electron chi connectivity index (χ4n) is 4.90. The van der Waals surface area contributed by atoms with E-state index in [-0.39, 0.29) is 30.8 Å². The van der Waals surface area contributed by atoms with Gasteiger partial charge in [-0.3, -0.25) is 9.59 Å². The molecule has 10 nitrogen and oxygen atoms in total. The van der Waals surface area contributed by atoms with Crippen molar-refractivity contribution in [3.05, 3.63) is 24.2 Å². The predicted molar refractivity (Wildman–Crippen MR) is 126 cm³/mol. The summed E-state index contributed by atoms with van der Waals surface area (Å²) in [6, 6.07) is 5.42. The Balaban J connectivity index is 1.47. The van der Waals surface area contributed by atoms with Gasteiger partial charge >= 0.3 is 5.97 Å². The minimum atomic E-state index is -1.70. The number of anilines is 1. The molecule has 1 aliphatic heterocycles. The Morgan fingerprint density at radius 3 is 2.86 bits per heavy atom. The molecule has 2 aromatic rings. The molecule has 1 aliphatic carbocycles. The maximum atomic E-state index is 12.4. The van der Waals surface area contributed by atoms with Gasteiger partial charge in [-0.1, -0.05) is 33.1 Å². The number of aliphatic hydroxyl groups excluding tert-OH is 1. The molecule has 4 atom stereocenters. The highest BCUT2D eigenvalue weighted by atomic mass is 16.6. The van der Waals surface area contributed by atoms with Crippen LogP contribution in [0.2, 0.25) is 0 Å². The highest BCUT2D eigenvalue weighted by Crippen LogP contribution is 2.40. The molecule has 35 heavy (non-hydrogen) atoms. The van der Waals surface area contributed by atoms with Crippen molar-refractivity contribution in [3.8, 4) is 6.07 Å². The molecule has 1 saturated heterocycles. The van der Waals surface area contributed by atoms with E-state index in [0.29, 0.717) is 35.8 Å². The molecular formula is C25H33N5O5. The van der Waals surface area contributed by atoms with Gasteiger partial charge < -0.3 is 19.9 Å². The van der Waals surface area contributed by atoms with Crippen LogP contribution in [0.4, 0.5) is 5.82 Å². The summed E-state index contributed by atoms with van der Waals surface area (Å²) in [5, 5.41) is 28.0. The van der Waals surface area contributed by atoms with Crippen LogP contribution in [0, 0.1) is 23.2 Å². The Kier molecular flexibility index (Phi) is 7.67. The van der Waals surface area contributed by atoms with Gasteiger partial charge in [-0.25, -0.2) is 9.50 Å². The summed E-state index contributed by atoms with van der Waals surface area (Å²) in [6.45, 7) is 3.72. The molecule has 2 N–H and O–H groups in total. The van der Waals surface area contributed by atoms with Crippen molar-refractivity contribution in [2.75, 3.05) is 11.9 Å². The lowest BCUT2D eigenvalue weighted by Crippen LogP contribution is -2.36. The number of nitriles is 1. The maximum Gasteiger partial charge on any atom is 0.306 e. The Hall–Kier alpha value is -3.03. The molecule has 0 bridgehead atoms. The van der Waals surface area contributed by atoms with E-state index in [1.165, 1.54) is 17.3 Å². The molecular weight excluding hydrogens is 450 g/mol. The molecule has 4 rings (SSSR count). The van der Waals surface area contributed by atoms with Crippen LogP contribution < -0.4 is 5.32 Å². The summed E-state index contributed by atoms with van der Waals surface area (Å²) in [5.74, 6) is 0.0493. The average Bonchev–Trinajstić information content (AvgIpc) is 3.44. The summed E-state index contributed by atoms with van der Waals surface area (Å²) in [5.41, 5.74) is -0.897. The Bertz CT molecular complexity index is 1110. The van der Waals surface area contributed by atoms with Crippen LogP contribution in [0.25, 0.3) is 5.52 Å². The Morgan fingerprint density at radius 1 is 1.37 bits per heavy atom. The van der Waals surface area contributed by atoms with Crippen LogP contribution >= 0.6 is 0 Å². The smallest absolute Gasteiger partial charge is 0.306 e. The summed E-state index contributed by atoms with van der Waals surface area (Å²) >= 11 is 0. The number of carbonyl (C=O) groups is 2. The van der Waals surface area contributed by atoms with Gasteiger partial charge in [0, 0.05) is 18.8 Å².